The van der Waals surface area contributed by atoms with E-state index in [-0.39, 0.29) is 17.9 Å². The predicted octanol–water partition coefficient (Wildman–Crippen LogP) is 5.36. The highest BCUT2D eigenvalue weighted by molar-refractivity contribution is 6.42. The molecule has 1 saturated heterocycles. The summed E-state index contributed by atoms with van der Waals surface area (Å²) in [5.41, 5.74) is 3.08. The fourth-order valence-corrected chi connectivity index (χ4v) is 4.65. The summed E-state index contributed by atoms with van der Waals surface area (Å²) in [7, 11) is 0. The number of hydrogen-bond acceptors (Lipinski definition) is 3. The summed E-state index contributed by atoms with van der Waals surface area (Å²) in [6.45, 7) is 3.04. The van der Waals surface area contributed by atoms with Crippen molar-refractivity contribution in [2.24, 2.45) is 0 Å². The topological polar surface area (TPSA) is 61.4 Å². The van der Waals surface area contributed by atoms with Gasteiger partial charge in [-0.25, -0.2) is 0 Å². The van der Waals surface area contributed by atoms with Crippen LogP contribution in [0.3, 0.4) is 0 Å². The van der Waals surface area contributed by atoms with Gasteiger partial charge in [-0.15, -0.1) is 0 Å². The van der Waals surface area contributed by atoms with E-state index in [4.69, 9.17) is 23.2 Å². The van der Waals surface area contributed by atoms with E-state index in [2.05, 4.69) is 15.5 Å². The van der Waals surface area contributed by atoms with Crippen molar-refractivity contribution < 1.29 is 9.59 Å². The first-order chi connectivity index (χ1) is 17.0. The fraction of sp³-hybridized carbons (Fsp3) is 0.286. The van der Waals surface area contributed by atoms with E-state index in [0.717, 1.165) is 50.0 Å². The maximum atomic E-state index is 13.0. The molecule has 7 heteroatoms. The Labute approximate surface area is 216 Å². The molecule has 0 bridgehead atoms. The third-order valence-corrected chi connectivity index (χ3v) is 7.01. The highest BCUT2D eigenvalue weighted by Crippen LogP contribution is 2.24. The Balaban J connectivity index is 1.28. The zero-order valence-corrected chi connectivity index (χ0v) is 21.0. The molecular formula is C28H29Cl2N3O2. The molecule has 0 saturated carbocycles. The van der Waals surface area contributed by atoms with Gasteiger partial charge < -0.3 is 10.6 Å². The lowest BCUT2D eigenvalue weighted by molar-refractivity contribution is 0.0890. The Morgan fingerprint density at radius 1 is 0.800 bits per heavy atom. The first-order valence-corrected chi connectivity index (χ1v) is 12.6. The molecule has 0 aromatic heterocycles. The van der Waals surface area contributed by atoms with Crippen molar-refractivity contribution in [2.75, 3.05) is 19.6 Å². The average molecular weight is 510 g/mol. The lowest BCUT2D eigenvalue weighted by atomic mass is 10.0. The number of halogens is 2. The Hall–Kier alpha value is -2.86. The molecular weight excluding hydrogens is 481 g/mol. The number of hydrogen-bond donors (Lipinski definition) is 2. The predicted molar refractivity (Wildman–Crippen MR) is 141 cm³/mol. The lowest BCUT2D eigenvalue weighted by Gasteiger charge is -2.32. The monoisotopic (exact) mass is 509 g/mol. The number of piperidine rings is 1. The summed E-state index contributed by atoms with van der Waals surface area (Å²) in [4.78, 5) is 28.2. The minimum atomic E-state index is -0.233. The second-order valence-corrected chi connectivity index (χ2v) is 9.62. The summed E-state index contributed by atoms with van der Waals surface area (Å²) in [5.74, 6) is -0.440. The lowest BCUT2D eigenvalue weighted by Crippen LogP contribution is -2.44. The number of amides is 2. The quantitative estimate of drug-likeness (QED) is 0.429. The van der Waals surface area contributed by atoms with Crippen LogP contribution in [-0.2, 0) is 13.0 Å². The van der Waals surface area contributed by atoms with E-state index >= 15 is 0 Å². The SMILES string of the molecule is O=C(NCCc1ccccc1)c1ccccc1C(=O)NC1CCN(Cc2ccc(Cl)c(Cl)c2)CC1. The van der Waals surface area contributed by atoms with Crippen LogP contribution in [-0.4, -0.2) is 42.4 Å². The first-order valence-electron chi connectivity index (χ1n) is 11.9. The number of benzene rings is 3. The van der Waals surface area contributed by atoms with Crippen LogP contribution in [0.15, 0.2) is 72.8 Å². The van der Waals surface area contributed by atoms with Gasteiger partial charge in [0.25, 0.3) is 11.8 Å². The molecule has 3 aromatic rings. The van der Waals surface area contributed by atoms with E-state index in [1.54, 1.807) is 24.3 Å². The number of carbonyl (C=O) groups excluding carboxylic acids is 2. The van der Waals surface area contributed by atoms with Gasteiger partial charge in [0, 0.05) is 32.2 Å². The maximum absolute atomic E-state index is 13.0. The van der Waals surface area contributed by atoms with E-state index < -0.39 is 0 Å². The van der Waals surface area contributed by atoms with Crippen LogP contribution < -0.4 is 10.6 Å². The number of nitrogens with zero attached hydrogens (tertiary/aromatic N) is 1. The summed E-state index contributed by atoms with van der Waals surface area (Å²) >= 11 is 12.1. The third-order valence-electron chi connectivity index (χ3n) is 6.27. The second-order valence-electron chi connectivity index (χ2n) is 8.81. The largest absolute Gasteiger partial charge is 0.352 e. The number of likely N-dealkylation sites (tertiary alicyclic amines) is 1. The van der Waals surface area contributed by atoms with Gasteiger partial charge in [-0.1, -0.05) is 71.7 Å². The van der Waals surface area contributed by atoms with Gasteiger partial charge >= 0.3 is 0 Å². The summed E-state index contributed by atoms with van der Waals surface area (Å²) in [6.07, 6.45) is 2.43. The molecule has 5 nitrogen and oxygen atoms in total. The van der Waals surface area contributed by atoms with Crippen molar-refractivity contribution in [3.05, 3.63) is 105 Å². The standard InChI is InChI=1S/C28H29Cl2N3O2/c29-25-11-10-21(18-26(25)30)19-33-16-13-22(14-17-33)32-28(35)24-9-5-4-8-23(24)27(34)31-15-12-20-6-2-1-3-7-20/h1-11,18,22H,12-17,19H2,(H,31,34)(H,32,35). The zero-order chi connectivity index (χ0) is 24.6. The van der Waals surface area contributed by atoms with Crippen molar-refractivity contribution in [3.63, 3.8) is 0 Å². The van der Waals surface area contributed by atoms with Gasteiger partial charge in [-0.2, -0.15) is 0 Å². The van der Waals surface area contributed by atoms with Gasteiger partial charge in [-0.05, 0) is 54.7 Å². The highest BCUT2D eigenvalue weighted by Gasteiger charge is 2.23. The molecule has 0 radical (unpaired) electrons. The Morgan fingerprint density at radius 3 is 2.14 bits per heavy atom. The molecule has 1 heterocycles. The maximum Gasteiger partial charge on any atom is 0.252 e. The Kier molecular flexibility index (Phi) is 8.80. The first kappa shape index (κ1) is 25.2. The third kappa shape index (κ3) is 7.07. The minimum Gasteiger partial charge on any atom is -0.352 e. The zero-order valence-electron chi connectivity index (χ0n) is 19.5. The molecule has 0 aliphatic carbocycles. The molecule has 0 atom stereocenters. The van der Waals surface area contributed by atoms with E-state index in [0.29, 0.717) is 27.7 Å². The molecule has 4 rings (SSSR count). The van der Waals surface area contributed by atoms with Crippen LogP contribution in [0.4, 0.5) is 0 Å². The summed E-state index contributed by atoms with van der Waals surface area (Å²) in [5, 5.41) is 7.19. The fourth-order valence-electron chi connectivity index (χ4n) is 4.33. The molecule has 0 spiro atoms. The highest BCUT2D eigenvalue weighted by atomic mass is 35.5. The Morgan fingerprint density at radius 2 is 1.46 bits per heavy atom. The smallest absolute Gasteiger partial charge is 0.252 e. The van der Waals surface area contributed by atoms with Crippen LogP contribution in [0.1, 0.15) is 44.7 Å². The van der Waals surface area contributed by atoms with Crippen molar-refractivity contribution in [3.8, 4) is 0 Å². The summed E-state index contributed by atoms with van der Waals surface area (Å²) in [6, 6.07) is 22.8. The number of nitrogens with one attached hydrogen (secondary N) is 2. The van der Waals surface area contributed by atoms with Crippen LogP contribution in [0.2, 0.25) is 10.0 Å². The average Bonchev–Trinajstić information content (AvgIpc) is 2.88. The van der Waals surface area contributed by atoms with Gasteiger partial charge in [0.1, 0.15) is 0 Å². The van der Waals surface area contributed by atoms with E-state index in [1.807, 2.05) is 48.5 Å². The molecule has 35 heavy (non-hydrogen) atoms. The second kappa shape index (κ2) is 12.2. The van der Waals surface area contributed by atoms with Gasteiger partial charge in [0.15, 0.2) is 0 Å². The Bertz CT molecular complexity index is 1160. The molecule has 182 valence electrons. The minimum absolute atomic E-state index is 0.0711. The van der Waals surface area contributed by atoms with Crippen molar-refractivity contribution >= 4 is 35.0 Å². The van der Waals surface area contributed by atoms with Gasteiger partial charge in [-0.3, -0.25) is 14.5 Å². The van der Waals surface area contributed by atoms with Gasteiger partial charge in [0.05, 0.1) is 21.2 Å². The molecule has 0 unspecified atom stereocenters. The van der Waals surface area contributed by atoms with Crippen LogP contribution in [0.25, 0.3) is 0 Å². The molecule has 3 aromatic carbocycles. The van der Waals surface area contributed by atoms with Crippen molar-refractivity contribution in [1.82, 2.24) is 15.5 Å². The van der Waals surface area contributed by atoms with E-state index in [1.165, 1.54) is 0 Å². The molecule has 2 N–H and O–H groups in total. The van der Waals surface area contributed by atoms with Crippen molar-refractivity contribution in [2.45, 2.75) is 31.8 Å². The van der Waals surface area contributed by atoms with Gasteiger partial charge in [0.2, 0.25) is 0 Å². The molecule has 2 amide bonds. The van der Waals surface area contributed by atoms with Crippen LogP contribution in [0.5, 0.6) is 0 Å². The van der Waals surface area contributed by atoms with E-state index in [9.17, 15) is 9.59 Å². The molecule has 1 fully saturated rings. The normalized spacial score (nSPS) is 14.5. The molecule has 1 aliphatic rings. The number of rotatable bonds is 8. The van der Waals surface area contributed by atoms with Crippen LogP contribution in [0, 0.1) is 0 Å². The van der Waals surface area contributed by atoms with Crippen LogP contribution >= 0.6 is 23.2 Å². The summed E-state index contributed by atoms with van der Waals surface area (Å²) < 4.78 is 0. The molecule has 1 aliphatic heterocycles. The van der Waals surface area contributed by atoms with Crippen molar-refractivity contribution in [1.29, 1.82) is 0 Å². The number of carbonyl (C=O) groups is 2.